The molecule has 1 N–H and O–H groups in total. The number of likely N-dealkylation sites (tertiary alicyclic amines) is 1. The van der Waals surface area contributed by atoms with Crippen LogP contribution < -0.4 is 0 Å². The van der Waals surface area contributed by atoms with E-state index in [0.29, 0.717) is 30.2 Å². The second-order valence-corrected chi connectivity index (χ2v) is 5.76. The normalized spacial score (nSPS) is 23.7. The molecule has 19 heavy (non-hydrogen) atoms. The lowest BCUT2D eigenvalue weighted by atomic mass is 9.96. The van der Waals surface area contributed by atoms with Crippen LogP contribution in [0.15, 0.2) is 12.3 Å². The maximum absolute atomic E-state index is 12.5. The molecule has 5 heteroatoms. The third-order valence-corrected chi connectivity index (χ3v) is 3.90. The molecule has 2 heterocycles. The molecule has 0 bridgehead atoms. The number of nitrogens with zero attached hydrogens (tertiary/aromatic N) is 2. The summed E-state index contributed by atoms with van der Waals surface area (Å²) in [6.45, 7) is 6.05. The summed E-state index contributed by atoms with van der Waals surface area (Å²) in [6, 6.07) is 1.73. The van der Waals surface area contributed by atoms with Crippen LogP contribution in [0.3, 0.4) is 0 Å². The minimum absolute atomic E-state index is 0.0131. The third-order valence-electron chi connectivity index (χ3n) is 3.69. The van der Waals surface area contributed by atoms with Gasteiger partial charge in [-0.05, 0) is 24.8 Å². The number of aliphatic hydroxyl groups is 1. The summed E-state index contributed by atoms with van der Waals surface area (Å²) in [4.78, 5) is 14.3. The fourth-order valence-corrected chi connectivity index (χ4v) is 2.78. The molecular weight excluding hydrogens is 264 g/mol. The SMILES string of the molecule is CCCn1cc(Cl)cc1C(=O)N1CCC(O)C(C)C1. The van der Waals surface area contributed by atoms with Crippen LogP contribution in [0.2, 0.25) is 5.02 Å². The fourth-order valence-electron chi connectivity index (χ4n) is 2.56. The predicted octanol–water partition coefficient (Wildman–Crippen LogP) is 2.39. The van der Waals surface area contributed by atoms with E-state index in [1.165, 1.54) is 0 Å². The Hall–Kier alpha value is -1.00. The lowest BCUT2D eigenvalue weighted by Crippen LogP contribution is -2.45. The lowest BCUT2D eigenvalue weighted by Gasteiger charge is -2.34. The molecule has 1 fully saturated rings. The Morgan fingerprint density at radius 2 is 2.32 bits per heavy atom. The number of carbonyl (C=O) groups is 1. The van der Waals surface area contributed by atoms with Crippen molar-refractivity contribution < 1.29 is 9.90 Å². The molecule has 0 aliphatic carbocycles. The maximum atomic E-state index is 12.5. The van der Waals surface area contributed by atoms with Crippen molar-refractivity contribution in [3.05, 3.63) is 23.0 Å². The highest BCUT2D eigenvalue weighted by Gasteiger charge is 2.29. The van der Waals surface area contributed by atoms with Crippen LogP contribution in [-0.2, 0) is 6.54 Å². The van der Waals surface area contributed by atoms with E-state index in [4.69, 9.17) is 11.6 Å². The van der Waals surface area contributed by atoms with E-state index in [1.807, 2.05) is 16.4 Å². The largest absolute Gasteiger partial charge is 0.393 e. The van der Waals surface area contributed by atoms with E-state index in [0.717, 1.165) is 13.0 Å². The van der Waals surface area contributed by atoms with Gasteiger partial charge in [-0.25, -0.2) is 0 Å². The summed E-state index contributed by atoms with van der Waals surface area (Å²) in [7, 11) is 0. The Morgan fingerprint density at radius 1 is 1.58 bits per heavy atom. The number of hydrogen-bond acceptors (Lipinski definition) is 2. The van der Waals surface area contributed by atoms with Gasteiger partial charge in [0.1, 0.15) is 5.69 Å². The van der Waals surface area contributed by atoms with Crippen molar-refractivity contribution in [3.8, 4) is 0 Å². The zero-order chi connectivity index (χ0) is 14.0. The van der Waals surface area contributed by atoms with Crippen LogP contribution in [0.25, 0.3) is 0 Å². The van der Waals surface area contributed by atoms with Crippen molar-refractivity contribution in [1.29, 1.82) is 0 Å². The van der Waals surface area contributed by atoms with Crippen LogP contribution in [-0.4, -0.2) is 39.7 Å². The first kappa shape index (κ1) is 14.4. The molecule has 1 aliphatic heterocycles. The van der Waals surface area contributed by atoms with Crippen molar-refractivity contribution >= 4 is 17.5 Å². The molecule has 1 aromatic heterocycles. The smallest absolute Gasteiger partial charge is 0.270 e. The number of aliphatic hydroxyl groups excluding tert-OH is 1. The molecule has 106 valence electrons. The number of halogens is 1. The molecule has 1 amide bonds. The van der Waals surface area contributed by atoms with E-state index in [1.54, 1.807) is 12.3 Å². The van der Waals surface area contributed by atoms with Crippen LogP contribution in [0, 0.1) is 5.92 Å². The third kappa shape index (κ3) is 3.12. The van der Waals surface area contributed by atoms with Crippen LogP contribution in [0.5, 0.6) is 0 Å². The Balaban J connectivity index is 2.15. The highest BCUT2D eigenvalue weighted by molar-refractivity contribution is 6.31. The van der Waals surface area contributed by atoms with Gasteiger partial charge in [-0.1, -0.05) is 25.4 Å². The number of rotatable bonds is 3. The van der Waals surface area contributed by atoms with Crippen molar-refractivity contribution in [2.24, 2.45) is 5.92 Å². The number of hydrogen-bond donors (Lipinski definition) is 1. The number of carbonyl (C=O) groups excluding carboxylic acids is 1. The molecular formula is C14H21ClN2O2. The summed E-state index contributed by atoms with van der Waals surface area (Å²) in [5.74, 6) is 0.141. The zero-order valence-corrected chi connectivity index (χ0v) is 12.2. The Labute approximate surface area is 119 Å². The van der Waals surface area contributed by atoms with E-state index < -0.39 is 0 Å². The van der Waals surface area contributed by atoms with E-state index in [2.05, 4.69) is 6.92 Å². The van der Waals surface area contributed by atoms with Gasteiger partial charge in [0.2, 0.25) is 0 Å². The highest BCUT2D eigenvalue weighted by Crippen LogP contribution is 2.21. The van der Waals surface area contributed by atoms with Gasteiger partial charge in [0.25, 0.3) is 5.91 Å². The number of aromatic nitrogens is 1. The second-order valence-electron chi connectivity index (χ2n) is 5.32. The second kappa shape index (κ2) is 5.97. The van der Waals surface area contributed by atoms with Gasteiger partial charge in [-0.15, -0.1) is 0 Å². The monoisotopic (exact) mass is 284 g/mol. The summed E-state index contributed by atoms with van der Waals surface area (Å²) in [6.07, 6.45) is 3.12. The van der Waals surface area contributed by atoms with Crippen molar-refractivity contribution in [1.82, 2.24) is 9.47 Å². The van der Waals surface area contributed by atoms with Crippen molar-refractivity contribution in [3.63, 3.8) is 0 Å². The Kier molecular flexibility index (Phi) is 4.53. The molecule has 2 atom stereocenters. The average molecular weight is 285 g/mol. The predicted molar refractivity (Wildman–Crippen MR) is 75.4 cm³/mol. The van der Waals surface area contributed by atoms with Gasteiger partial charge in [0.15, 0.2) is 0 Å². The minimum atomic E-state index is -0.296. The molecule has 1 aliphatic rings. The zero-order valence-electron chi connectivity index (χ0n) is 11.5. The average Bonchev–Trinajstić information content (AvgIpc) is 2.73. The summed E-state index contributed by atoms with van der Waals surface area (Å²) >= 11 is 6.00. The number of aryl methyl sites for hydroxylation is 1. The lowest BCUT2D eigenvalue weighted by molar-refractivity contribution is 0.0291. The topological polar surface area (TPSA) is 45.5 Å². The van der Waals surface area contributed by atoms with Gasteiger partial charge in [0, 0.05) is 25.8 Å². The van der Waals surface area contributed by atoms with Crippen molar-refractivity contribution in [2.45, 2.75) is 39.3 Å². The molecule has 1 aromatic rings. The van der Waals surface area contributed by atoms with Crippen LogP contribution in [0.1, 0.15) is 37.2 Å². The molecule has 0 aromatic carbocycles. The van der Waals surface area contributed by atoms with Gasteiger partial charge in [0.05, 0.1) is 11.1 Å². The molecule has 2 unspecified atom stereocenters. The fraction of sp³-hybridized carbons (Fsp3) is 0.643. The van der Waals surface area contributed by atoms with Crippen LogP contribution >= 0.6 is 11.6 Å². The maximum Gasteiger partial charge on any atom is 0.270 e. The van der Waals surface area contributed by atoms with E-state index in [9.17, 15) is 9.90 Å². The van der Waals surface area contributed by atoms with Gasteiger partial charge in [-0.2, -0.15) is 0 Å². The van der Waals surface area contributed by atoms with Gasteiger partial charge >= 0.3 is 0 Å². The minimum Gasteiger partial charge on any atom is -0.393 e. The first-order valence-corrected chi connectivity index (χ1v) is 7.23. The van der Waals surface area contributed by atoms with Crippen molar-refractivity contribution in [2.75, 3.05) is 13.1 Å². The quantitative estimate of drug-likeness (QED) is 0.926. The standard InChI is InChI=1S/C14H21ClN2O2/c1-3-5-16-9-11(15)7-12(16)14(19)17-6-4-13(18)10(2)8-17/h7,9-10,13,18H,3-6,8H2,1-2H3. The number of piperidine rings is 1. The van der Waals surface area contributed by atoms with Gasteiger partial charge < -0.3 is 14.6 Å². The molecule has 1 saturated heterocycles. The Bertz CT molecular complexity index is 458. The summed E-state index contributed by atoms with van der Waals surface area (Å²) in [5, 5.41) is 10.3. The summed E-state index contributed by atoms with van der Waals surface area (Å²) in [5.41, 5.74) is 0.649. The molecule has 0 spiro atoms. The summed E-state index contributed by atoms with van der Waals surface area (Å²) < 4.78 is 1.92. The van der Waals surface area contributed by atoms with E-state index in [-0.39, 0.29) is 17.9 Å². The highest BCUT2D eigenvalue weighted by atomic mass is 35.5. The number of amides is 1. The first-order chi connectivity index (χ1) is 9.02. The molecule has 2 rings (SSSR count). The van der Waals surface area contributed by atoms with Crippen LogP contribution in [0.4, 0.5) is 0 Å². The van der Waals surface area contributed by atoms with Gasteiger partial charge in [-0.3, -0.25) is 4.79 Å². The first-order valence-electron chi connectivity index (χ1n) is 6.86. The molecule has 0 radical (unpaired) electrons. The molecule has 4 nitrogen and oxygen atoms in total. The Morgan fingerprint density at radius 3 is 2.95 bits per heavy atom. The molecule has 0 saturated carbocycles. The van der Waals surface area contributed by atoms with E-state index >= 15 is 0 Å².